The first kappa shape index (κ1) is 9.33. The molecule has 2 nitrogen and oxygen atoms in total. The molecule has 0 aromatic carbocycles. The highest BCUT2D eigenvalue weighted by molar-refractivity contribution is 6.35. The first-order chi connectivity index (χ1) is 6.48. The summed E-state index contributed by atoms with van der Waals surface area (Å²) in [4.78, 5) is 6.23. The third-order valence-electron chi connectivity index (χ3n) is 1.80. The maximum atomic E-state index is 12.2. The van der Waals surface area contributed by atoms with E-state index in [1.54, 1.807) is 0 Å². The van der Waals surface area contributed by atoms with E-state index in [1.807, 2.05) is 0 Å². The Morgan fingerprint density at radius 3 is 2.71 bits per heavy atom. The van der Waals surface area contributed by atoms with Crippen molar-refractivity contribution in [2.75, 3.05) is 0 Å². The van der Waals surface area contributed by atoms with E-state index < -0.39 is 11.7 Å². The molecule has 6 heteroatoms. The topological polar surface area (TPSA) is 28.7 Å². The van der Waals surface area contributed by atoms with Crippen molar-refractivity contribution in [2.45, 2.75) is 6.18 Å². The van der Waals surface area contributed by atoms with E-state index in [4.69, 9.17) is 11.6 Å². The Morgan fingerprint density at radius 1 is 1.36 bits per heavy atom. The third-order valence-corrected chi connectivity index (χ3v) is 2.08. The van der Waals surface area contributed by atoms with Gasteiger partial charge in [-0.25, -0.2) is 0 Å². The van der Waals surface area contributed by atoms with Gasteiger partial charge in [0.15, 0.2) is 0 Å². The Balaban J connectivity index is 2.63. The molecule has 0 radical (unpaired) electrons. The smallest absolute Gasteiger partial charge is 0.358 e. The van der Waals surface area contributed by atoms with Gasteiger partial charge < -0.3 is 4.98 Å². The van der Waals surface area contributed by atoms with Crippen LogP contribution in [0.2, 0.25) is 5.02 Å². The maximum Gasteiger partial charge on any atom is 0.417 e. The Labute approximate surface area is 81.7 Å². The molecule has 2 aromatic heterocycles. The number of alkyl halides is 3. The summed E-state index contributed by atoms with van der Waals surface area (Å²) in [6.07, 6.45) is -2.21. The Kier molecular flexibility index (Phi) is 1.92. The van der Waals surface area contributed by atoms with Gasteiger partial charge >= 0.3 is 6.18 Å². The first-order valence-corrected chi connectivity index (χ1v) is 4.06. The van der Waals surface area contributed by atoms with Gasteiger partial charge in [-0.3, -0.25) is 4.98 Å². The summed E-state index contributed by atoms with van der Waals surface area (Å²) in [6.45, 7) is 0. The number of aromatic nitrogens is 2. The third kappa shape index (κ3) is 1.43. The molecule has 0 fully saturated rings. The number of hydrogen-bond acceptors (Lipinski definition) is 1. The first-order valence-electron chi connectivity index (χ1n) is 3.68. The van der Waals surface area contributed by atoms with Gasteiger partial charge in [0.25, 0.3) is 0 Å². The van der Waals surface area contributed by atoms with Gasteiger partial charge in [0.2, 0.25) is 0 Å². The summed E-state index contributed by atoms with van der Waals surface area (Å²) in [5.74, 6) is 0. The van der Waals surface area contributed by atoms with Crippen LogP contribution in [0.4, 0.5) is 13.2 Å². The number of fused-ring (bicyclic) bond motifs is 1. The van der Waals surface area contributed by atoms with Crippen molar-refractivity contribution >= 4 is 22.6 Å². The minimum atomic E-state index is -4.38. The van der Waals surface area contributed by atoms with Crippen molar-refractivity contribution in [1.82, 2.24) is 9.97 Å². The van der Waals surface area contributed by atoms with Gasteiger partial charge in [-0.1, -0.05) is 11.6 Å². The highest BCUT2D eigenvalue weighted by Gasteiger charge is 2.31. The predicted octanol–water partition coefficient (Wildman–Crippen LogP) is 3.24. The monoisotopic (exact) mass is 220 g/mol. The fourth-order valence-electron chi connectivity index (χ4n) is 1.13. The zero-order valence-corrected chi connectivity index (χ0v) is 7.45. The molecule has 0 saturated carbocycles. The van der Waals surface area contributed by atoms with Crippen molar-refractivity contribution in [3.05, 3.63) is 29.0 Å². The van der Waals surface area contributed by atoms with Crippen LogP contribution in [-0.4, -0.2) is 9.97 Å². The summed E-state index contributed by atoms with van der Waals surface area (Å²) in [7, 11) is 0. The van der Waals surface area contributed by atoms with Crippen molar-refractivity contribution in [2.24, 2.45) is 0 Å². The molecule has 2 rings (SSSR count). The van der Waals surface area contributed by atoms with E-state index in [9.17, 15) is 13.2 Å². The van der Waals surface area contributed by atoms with Crippen LogP contribution in [0.15, 0.2) is 18.5 Å². The summed E-state index contributed by atoms with van der Waals surface area (Å²) in [6, 6.07) is 0.980. The Hall–Kier alpha value is -1.23. The lowest BCUT2D eigenvalue weighted by molar-refractivity contribution is -0.137. The summed E-state index contributed by atoms with van der Waals surface area (Å²) >= 11 is 5.66. The second-order valence-corrected chi connectivity index (χ2v) is 3.16. The fraction of sp³-hybridized carbons (Fsp3) is 0.125. The molecule has 1 N–H and O–H groups in total. The molecule has 0 aliphatic carbocycles. The van der Waals surface area contributed by atoms with Crippen molar-refractivity contribution in [3.63, 3.8) is 0 Å². The molecule has 74 valence electrons. The SMILES string of the molecule is FC(F)(F)c1cnc2c(Cl)c[nH]c2c1. The van der Waals surface area contributed by atoms with E-state index in [-0.39, 0.29) is 5.52 Å². The molecule has 0 aliphatic rings. The Bertz CT molecular complexity index is 475. The molecule has 0 atom stereocenters. The van der Waals surface area contributed by atoms with E-state index in [2.05, 4.69) is 9.97 Å². The van der Waals surface area contributed by atoms with Crippen molar-refractivity contribution in [3.8, 4) is 0 Å². The zero-order valence-electron chi connectivity index (χ0n) is 6.69. The van der Waals surface area contributed by atoms with Crippen molar-refractivity contribution < 1.29 is 13.2 Å². The average Bonchev–Trinajstić information content (AvgIpc) is 2.46. The van der Waals surface area contributed by atoms with Gasteiger partial charge in [0.05, 0.1) is 16.1 Å². The molecule has 2 aromatic rings. The van der Waals surface area contributed by atoms with Gasteiger partial charge in [-0.05, 0) is 6.07 Å². The van der Waals surface area contributed by atoms with Crippen LogP contribution in [0.5, 0.6) is 0 Å². The molecule has 2 heterocycles. The second kappa shape index (κ2) is 2.88. The number of aromatic amines is 1. The lowest BCUT2D eigenvalue weighted by Crippen LogP contribution is -2.04. The van der Waals surface area contributed by atoms with Crippen LogP contribution >= 0.6 is 11.6 Å². The fourth-order valence-corrected chi connectivity index (χ4v) is 1.33. The maximum absolute atomic E-state index is 12.2. The molecule has 0 spiro atoms. The number of rotatable bonds is 0. The summed E-state index contributed by atoms with van der Waals surface area (Å²) in [5, 5.41) is 0.314. The van der Waals surface area contributed by atoms with Crippen LogP contribution in [0.3, 0.4) is 0 Å². The van der Waals surface area contributed by atoms with Crippen LogP contribution in [-0.2, 0) is 6.18 Å². The second-order valence-electron chi connectivity index (χ2n) is 2.75. The van der Waals surface area contributed by atoms with Gasteiger partial charge in [-0.2, -0.15) is 13.2 Å². The minimum Gasteiger partial charge on any atom is -0.358 e. The Morgan fingerprint density at radius 2 is 2.07 bits per heavy atom. The quantitative estimate of drug-likeness (QED) is 0.726. The van der Waals surface area contributed by atoms with Crippen LogP contribution in [0.25, 0.3) is 11.0 Å². The number of halogens is 4. The van der Waals surface area contributed by atoms with Crippen LogP contribution < -0.4 is 0 Å². The van der Waals surface area contributed by atoms with E-state index in [0.717, 1.165) is 12.3 Å². The molecule has 0 aliphatic heterocycles. The molecular formula is C8H4ClF3N2. The van der Waals surface area contributed by atoms with E-state index in [1.165, 1.54) is 6.20 Å². The highest BCUT2D eigenvalue weighted by atomic mass is 35.5. The predicted molar refractivity (Wildman–Crippen MR) is 46.1 cm³/mol. The number of hydrogen-bond donors (Lipinski definition) is 1. The average molecular weight is 221 g/mol. The molecule has 14 heavy (non-hydrogen) atoms. The van der Waals surface area contributed by atoms with Gasteiger partial charge in [-0.15, -0.1) is 0 Å². The zero-order chi connectivity index (χ0) is 10.3. The van der Waals surface area contributed by atoms with Gasteiger partial charge in [0, 0.05) is 12.4 Å². The summed E-state index contributed by atoms with van der Waals surface area (Å²) < 4.78 is 36.7. The summed E-state index contributed by atoms with van der Waals surface area (Å²) in [5.41, 5.74) is -0.159. The van der Waals surface area contributed by atoms with Crippen LogP contribution in [0, 0.1) is 0 Å². The van der Waals surface area contributed by atoms with Gasteiger partial charge in [0.1, 0.15) is 5.52 Å². The molecular weight excluding hydrogens is 217 g/mol. The number of nitrogens with one attached hydrogen (secondary N) is 1. The highest BCUT2D eigenvalue weighted by Crippen LogP contribution is 2.31. The lowest BCUT2D eigenvalue weighted by Gasteiger charge is -2.04. The molecule has 0 saturated heterocycles. The minimum absolute atomic E-state index is 0.282. The molecule has 0 unspecified atom stereocenters. The molecule has 0 bridgehead atoms. The van der Waals surface area contributed by atoms with E-state index in [0.29, 0.717) is 10.5 Å². The lowest BCUT2D eigenvalue weighted by atomic mass is 10.2. The van der Waals surface area contributed by atoms with Crippen LogP contribution in [0.1, 0.15) is 5.56 Å². The number of nitrogens with zero attached hydrogens (tertiary/aromatic N) is 1. The largest absolute Gasteiger partial charge is 0.417 e. The molecule has 0 amide bonds. The standard InChI is InChI=1S/C8H4ClF3N2/c9-5-3-13-6-1-4(8(10,11)12)2-14-7(5)6/h1-3,13H. The normalized spacial score (nSPS) is 12.3. The van der Waals surface area contributed by atoms with E-state index >= 15 is 0 Å². The number of pyridine rings is 1. The number of H-pyrrole nitrogens is 1. The van der Waals surface area contributed by atoms with Crippen molar-refractivity contribution in [1.29, 1.82) is 0 Å².